The number of nitrogens with one attached hydrogen (secondary N) is 1. The fourth-order valence-corrected chi connectivity index (χ4v) is 2.60. The summed E-state index contributed by atoms with van der Waals surface area (Å²) in [5.41, 5.74) is 1.08. The number of amides is 1. The molecule has 0 radical (unpaired) electrons. The minimum Gasteiger partial charge on any atom is -0.497 e. The van der Waals surface area contributed by atoms with E-state index in [1.807, 2.05) is 6.07 Å². The summed E-state index contributed by atoms with van der Waals surface area (Å²) in [5.74, 6) is 1.06. The number of hydrogen-bond acceptors (Lipinski definition) is 6. The fourth-order valence-electron chi connectivity index (χ4n) is 2.13. The topological polar surface area (TPSA) is 86.5 Å². The highest BCUT2D eigenvalue weighted by Crippen LogP contribution is 2.29. The number of halogens is 1. The number of nitrogens with zero attached hydrogens (tertiary/aromatic N) is 2. The second-order valence-corrected chi connectivity index (χ2v) is 5.80. The SMILES string of the molecule is COc1cc(OC)cc(-c2nnc(NC(=O)c3ccccc3Br)o2)c1. The standard InChI is InChI=1S/C17H14BrN3O4/c1-23-11-7-10(8-12(9-11)24-2)16-20-21-17(25-16)19-15(22)13-5-3-4-6-14(13)18/h3-9H,1-2H3,(H,19,21,22). The van der Waals surface area contributed by atoms with Crippen molar-refractivity contribution < 1.29 is 18.7 Å². The van der Waals surface area contributed by atoms with Gasteiger partial charge in [0, 0.05) is 16.1 Å². The zero-order valence-corrected chi connectivity index (χ0v) is 15.0. The maximum atomic E-state index is 12.3. The number of rotatable bonds is 5. The van der Waals surface area contributed by atoms with Crippen LogP contribution in [0.2, 0.25) is 0 Å². The first kappa shape index (κ1) is 17.0. The van der Waals surface area contributed by atoms with Crippen molar-refractivity contribution in [3.8, 4) is 23.0 Å². The number of hydrogen-bond donors (Lipinski definition) is 1. The number of carbonyl (C=O) groups is 1. The third-order valence-electron chi connectivity index (χ3n) is 3.36. The Hall–Kier alpha value is -2.87. The molecule has 8 heteroatoms. The van der Waals surface area contributed by atoms with Gasteiger partial charge < -0.3 is 13.9 Å². The summed E-state index contributed by atoms with van der Waals surface area (Å²) in [7, 11) is 3.10. The Balaban J connectivity index is 1.83. The molecule has 1 aromatic heterocycles. The third-order valence-corrected chi connectivity index (χ3v) is 4.05. The van der Waals surface area contributed by atoms with Crippen LogP contribution in [0.1, 0.15) is 10.4 Å². The lowest BCUT2D eigenvalue weighted by atomic mass is 10.2. The van der Waals surface area contributed by atoms with Crippen molar-refractivity contribution in [3.63, 3.8) is 0 Å². The van der Waals surface area contributed by atoms with Gasteiger partial charge in [0.1, 0.15) is 11.5 Å². The molecule has 128 valence electrons. The van der Waals surface area contributed by atoms with E-state index in [1.54, 1.807) is 50.6 Å². The molecule has 25 heavy (non-hydrogen) atoms. The van der Waals surface area contributed by atoms with E-state index in [2.05, 4.69) is 31.4 Å². The Bertz CT molecular complexity index is 888. The van der Waals surface area contributed by atoms with Crippen LogP contribution in [0.25, 0.3) is 11.5 Å². The van der Waals surface area contributed by atoms with Gasteiger partial charge in [0.05, 0.1) is 19.8 Å². The van der Waals surface area contributed by atoms with Gasteiger partial charge in [0.2, 0.25) is 5.89 Å². The van der Waals surface area contributed by atoms with Crippen LogP contribution in [0.4, 0.5) is 6.01 Å². The maximum absolute atomic E-state index is 12.3. The van der Waals surface area contributed by atoms with Crippen LogP contribution in [0.15, 0.2) is 51.4 Å². The molecule has 3 rings (SSSR count). The summed E-state index contributed by atoms with van der Waals surface area (Å²) in [4.78, 5) is 12.3. The van der Waals surface area contributed by atoms with Crippen molar-refractivity contribution in [3.05, 3.63) is 52.5 Å². The van der Waals surface area contributed by atoms with Gasteiger partial charge in [-0.25, -0.2) is 0 Å². The van der Waals surface area contributed by atoms with E-state index in [4.69, 9.17) is 13.9 Å². The Kier molecular flexibility index (Phi) is 4.99. The number of methoxy groups -OCH3 is 2. The highest BCUT2D eigenvalue weighted by molar-refractivity contribution is 9.10. The average Bonchev–Trinajstić information content (AvgIpc) is 3.10. The van der Waals surface area contributed by atoms with Crippen molar-refractivity contribution in [2.45, 2.75) is 0 Å². The predicted octanol–water partition coefficient (Wildman–Crippen LogP) is 3.77. The number of benzene rings is 2. The quantitative estimate of drug-likeness (QED) is 0.697. The molecule has 1 amide bonds. The zero-order valence-electron chi connectivity index (χ0n) is 13.4. The van der Waals surface area contributed by atoms with Gasteiger partial charge in [-0.1, -0.05) is 17.2 Å². The molecule has 1 N–H and O–H groups in total. The number of ether oxygens (including phenoxy) is 2. The van der Waals surface area contributed by atoms with Crippen molar-refractivity contribution in [1.82, 2.24) is 10.2 Å². The average molecular weight is 404 g/mol. The monoisotopic (exact) mass is 403 g/mol. The number of aromatic nitrogens is 2. The molecule has 0 aliphatic carbocycles. The molecule has 0 unspecified atom stereocenters. The van der Waals surface area contributed by atoms with E-state index in [0.717, 1.165) is 0 Å². The molecule has 7 nitrogen and oxygen atoms in total. The van der Waals surface area contributed by atoms with Gasteiger partial charge >= 0.3 is 6.01 Å². The Labute approximate surface area is 152 Å². The highest BCUT2D eigenvalue weighted by atomic mass is 79.9. The van der Waals surface area contributed by atoms with Gasteiger partial charge in [-0.05, 0) is 40.2 Å². The lowest BCUT2D eigenvalue weighted by molar-refractivity contribution is 0.102. The minimum absolute atomic E-state index is 0.00228. The molecule has 0 atom stereocenters. The van der Waals surface area contributed by atoms with Gasteiger partial charge in [-0.3, -0.25) is 10.1 Å². The molecular formula is C17H14BrN3O4. The molecule has 3 aromatic rings. The highest BCUT2D eigenvalue weighted by Gasteiger charge is 2.15. The fraction of sp³-hybridized carbons (Fsp3) is 0.118. The van der Waals surface area contributed by atoms with Crippen LogP contribution in [-0.2, 0) is 0 Å². The summed E-state index contributed by atoms with van der Waals surface area (Å²) in [6.07, 6.45) is 0. The largest absolute Gasteiger partial charge is 0.497 e. The predicted molar refractivity (Wildman–Crippen MR) is 94.9 cm³/mol. The van der Waals surface area contributed by atoms with E-state index in [1.165, 1.54) is 0 Å². The second-order valence-electron chi connectivity index (χ2n) is 4.95. The lowest BCUT2D eigenvalue weighted by Gasteiger charge is -2.06. The van der Waals surface area contributed by atoms with Crippen LogP contribution in [-0.4, -0.2) is 30.3 Å². The van der Waals surface area contributed by atoms with Crippen LogP contribution < -0.4 is 14.8 Å². The summed E-state index contributed by atoms with van der Waals surface area (Å²) < 4.78 is 16.6. The van der Waals surface area contributed by atoms with Gasteiger partial charge in [-0.15, -0.1) is 5.10 Å². The molecule has 2 aromatic carbocycles. The number of anilines is 1. The first-order valence-corrected chi connectivity index (χ1v) is 8.03. The lowest BCUT2D eigenvalue weighted by Crippen LogP contribution is -2.12. The zero-order chi connectivity index (χ0) is 17.8. The Morgan fingerprint density at radius 2 is 1.76 bits per heavy atom. The molecule has 0 saturated carbocycles. The first-order chi connectivity index (χ1) is 12.1. The summed E-state index contributed by atoms with van der Waals surface area (Å²) in [5, 5.41) is 10.4. The summed E-state index contributed by atoms with van der Waals surface area (Å²) in [6, 6.07) is 12.2. The molecule has 0 fully saturated rings. The molecule has 0 bridgehead atoms. The van der Waals surface area contributed by atoms with E-state index < -0.39 is 0 Å². The van der Waals surface area contributed by atoms with E-state index in [-0.39, 0.29) is 17.8 Å². The molecule has 1 heterocycles. The van der Waals surface area contributed by atoms with Crippen LogP contribution in [0, 0.1) is 0 Å². The van der Waals surface area contributed by atoms with Crippen LogP contribution in [0.3, 0.4) is 0 Å². The van der Waals surface area contributed by atoms with Gasteiger partial charge in [-0.2, -0.15) is 0 Å². The maximum Gasteiger partial charge on any atom is 0.322 e. The molecular weight excluding hydrogens is 390 g/mol. The van der Waals surface area contributed by atoms with Crippen molar-refractivity contribution in [2.24, 2.45) is 0 Å². The van der Waals surface area contributed by atoms with Crippen LogP contribution >= 0.6 is 15.9 Å². The minimum atomic E-state index is -0.356. The molecule has 0 aliphatic rings. The van der Waals surface area contributed by atoms with Crippen molar-refractivity contribution in [1.29, 1.82) is 0 Å². The van der Waals surface area contributed by atoms with Crippen LogP contribution in [0.5, 0.6) is 11.5 Å². The summed E-state index contributed by atoms with van der Waals surface area (Å²) >= 11 is 3.33. The smallest absolute Gasteiger partial charge is 0.322 e. The molecule has 0 saturated heterocycles. The molecule has 0 spiro atoms. The van der Waals surface area contributed by atoms with Gasteiger partial charge in [0.15, 0.2) is 0 Å². The normalized spacial score (nSPS) is 10.4. The van der Waals surface area contributed by atoms with E-state index in [9.17, 15) is 4.79 Å². The van der Waals surface area contributed by atoms with Crippen molar-refractivity contribution in [2.75, 3.05) is 19.5 Å². The summed E-state index contributed by atoms with van der Waals surface area (Å²) in [6.45, 7) is 0. The Morgan fingerprint density at radius 3 is 2.40 bits per heavy atom. The third kappa shape index (κ3) is 3.80. The first-order valence-electron chi connectivity index (χ1n) is 7.23. The van der Waals surface area contributed by atoms with E-state index >= 15 is 0 Å². The number of carbonyl (C=O) groups excluding carboxylic acids is 1. The second kappa shape index (κ2) is 7.35. The molecule has 0 aliphatic heterocycles. The Morgan fingerprint density at radius 1 is 1.08 bits per heavy atom. The van der Waals surface area contributed by atoms with Gasteiger partial charge in [0.25, 0.3) is 5.91 Å². The van der Waals surface area contributed by atoms with E-state index in [0.29, 0.717) is 27.1 Å². The van der Waals surface area contributed by atoms with Crippen molar-refractivity contribution >= 4 is 27.9 Å².